The van der Waals surface area contributed by atoms with Gasteiger partial charge in [-0.1, -0.05) is 26.0 Å². The molecule has 7 heteroatoms. The predicted molar refractivity (Wildman–Crippen MR) is 138 cm³/mol. The van der Waals surface area contributed by atoms with Crippen molar-refractivity contribution in [3.63, 3.8) is 0 Å². The molecule has 2 aromatic rings. The third-order valence-electron chi connectivity index (χ3n) is 7.22. The lowest BCUT2D eigenvalue weighted by Gasteiger charge is -2.47. The topological polar surface area (TPSA) is 57.2 Å². The van der Waals surface area contributed by atoms with Crippen LogP contribution in [0.3, 0.4) is 0 Å². The number of likely N-dealkylation sites (N-methyl/N-ethyl adjacent to an activating group) is 1. The minimum atomic E-state index is -0.674. The van der Waals surface area contributed by atoms with Gasteiger partial charge >= 0.3 is 5.97 Å². The molecule has 0 fully saturated rings. The van der Waals surface area contributed by atoms with Crippen LogP contribution >= 0.6 is 0 Å². The average molecular weight is 502 g/mol. The molecular formula is C29H40FNO5. The van der Waals surface area contributed by atoms with E-state index in [-0.39, 0.29) is 30.2 Å². The van der Waals surface area contributed by atoms with Crippen LogP contribution in [-0.4, -0.2) is 64.5 Å². The van der Waals surface area contributed by atoms with Crippen LogP contribution in [0.5, 0.6) is 11.5 Å². The second kappa shape index (κ2) is 12.5. The Labute approximate surface area is 214 Å². The molecular weight excluding hydrogens is 461 g/mol. The molecule has 0 radical (unpaired) electrons. The molecule has 0 unspecified atom stereocenters. The molecule has 0 saturated carbocycles. The normalized spacial score (nSPS) is 19.3. The second-order valence-electron chi connectivity index (χ2n) is 10.0. The lowest BCUT2D eigenvalue weighted by molar-refractivity contribution is -0.172. The quantitative estimate of drug-likeness (QED) is 0.381. The first-order valence-electron chi connectivity index (χ1n) is 12.6. The lowest BCUT2D eigenvalue weighted by Crippen LogP contribution is -2.49. The minimum Gasteiger partial charge on any atom is -0.493 e. The highest BCUT2D eigenvalue weighted by Gasteiger charge is 2.47. The van der Waals surface area contributed by atoms with Crippen molar-refractivity contribution in [2.45, 2.75) is 51.0 Å². The van der Waals surface area contributed by atoms with Crippen molar-refractivity contribution in [1.82, 2.24) is 4.90 Å². The Hall–Kier alpha value is -2.64. The van der Waals surface area contributed by atoms with E-state index in [2.05, 4.69) is 31.9 Å². The smallest absolute Gasteiger partial charge is 0.332 e. The molecule has 198 valence electrons. The van der Waals surface area contributed by atoms with Crippen molar-refractivity contribution in [3.05, 3.63) is 58.9 Å². The van der Waals surface area contributed by atoms with Gasteiger partial charge in [-0.25, -0.2) is 9.18 Å². The first kappa shape index (κ1) is 27.9. The Morgan fingerprint density at radius 3 is 2.50 bits per heavy atom. The third-order valence-corrected chi connectivity index (χ3v) is 7.22. The molecule has 0 heterocycles. The van der Waals surface area contributed by atoms with Crippen molar-refractivity contribution < 1.29 is 28.1 Å². The third kappa shape index (κ3) is 6.56. The monoisotopic (exact) mass is 501 g/mol. The van der Waals surface area contributed by atoms with E-state index in [1.54, 1.807) is 20.3 Å². The van der Waals surface area contributed by atoms with Gasteiger partial charge in [-0.3, -0.25) is 0 Å². The summed E-state index contributed by atoms with van der Waals surface area (Å²) in [6.45, 7) is 5.79. The van der Waals surface area contributed by atoms with Crippen LogP contribution in [0, 0.1) is 11.7 Å². The summed E-state index contributed by atoms with van der Waals surface area (Å²) in [7, 11) is 6.85. The number of hydrogen-bond donors (Lipinski definition) is 0. The maximum absolute atomic E-state index is 14.0. The van der Waals surface area contributed by atoms with Crippen LogP contribution in [0.15, 0.2) is 36.4 Å². The van der Waals surface area contributed by atoms with E-state index in [9.17, 15) is 9.18 Å². The van der Waals surface area contributed by atoms with Crippen LogP contribution in [0.2, 0.25) is 0 Å². The summed E-state index contributed by atoms with van der Waals surface area (Å²) < 4.78 is 36.0. The molecule has 0 aromatic heterocycles. The lowest BCUT2D eigenvalue weighted by atomic mass is 9.65. The Morgan fingerprint density at radius 2 is 1.83 bits per heavy atom. The molecule has 6 nitrogen and oxygen atoms in total. The van der Waals surface area contributed by atoms with Gasteiger partial charge in [0.1, 0.15) is 18.0 Å². The van der Waals surface area contributed by atoms with Crippen LogP contribution in [-0.2, 0) is 27.1 Å². The summed E-state index contributed by atoms with van der Waals surface area (Å²) >= 11 is 0. The standard InChI is InChI=1S/C29H40FNO5/c1-20(2)28-24-9-8-23(30)18-22(24)11-13-29(28,36-27(32)19-33-4)14-16-31(3)15-12-21-7-10-25(34-5)26(17-21)35-6/h7-10,17-18,20,28H,11-16,19H2,1-6H3/t28-,29-/m0/s1. The van der Waals surface area contributed by atoms with Crippen LogP contribution in [0.1, 0.15) is 49.3 Å². The van der Waals surface area contributed by atoms with Gasteiger partial charge in [0.05, 0.1) is 14.2 Å². The van der Waals surface area contributed by atoms with Gasteiger partial charge in [-0.05, 0) is 73.2 Å². The molecule has 0 spiro atoms. The molecule has 0 bridgehead atoms. The van der Waals surface area contributed by atoms with Gasteiger partial charge in [0, 0.05) is 32.5 Å². The molecule has 0 saturated heterocycles. The van der Waals surface area contributed by atoms with Gasteiger partial charge < -0.3 is 23.8 Å². The van der Waals surface area contributed by atoms with E-state index in [0.29, 0.717) is 25.0 Å². The van der Waals surface area contributed by atoms with Crippen LogP contribution in [0.25, 0.3) is 0 Å². The number of nitrogens with zero attached hydrogens (tertiary/aromatic N) is 1. The number of hydrogen-bond acceptors (Lipinski definition) is 6. The number of carbonyl (C=O) groups is 1. The van der Waals surface area contributed by atoms with Crippen LogP contribution < -0.4 is 9.47 Å². The molecule has 3 rings (SSSR count). The Bertz CT molecular complexity index is 1030. The molecule has 1 aliphatic carbocycles. The highest BCUT2D eigenvalue weighted by molar-refractivity contribution is 5.71. The maximum Gasteiger partial charge on any atom is 0.332 e. The molecule has 1 aliphatic rings. The summed E-state index contributed by atoms with van der Waals surface area (Å²) in [6.07, 6.45) is 2.87. The van der Waals surface area contributed by atoms with Crippen LogP contribution in [0.4, 0.5) is 4.39 Å². The first-order chi connectivity index (χ1) is 17.2. The maximum atomic E-state index is 14.0. The highest BCUT2D eigenvalue weighted by Crippen LogP contribution is 2.48. The number of ether oxygens (including phenoxy) is 4. The number of rotatable bonds is 12. The van der Waals surface area contributed by atoms with E-state index in [0.717, 1.165) is 42.0 Å². The van der Waals surface area contributed by atoms with Crippen molar-refractivity contribution in [3.8, 4) is 11.5 Å². The molecule has 0 N–H and O–H groups in total. The fourth-order valence-electron chi connectivity index (χ4n) is 5.51. The summed E-state index contributed by atoms with van der Waals surface area (Å²) in [4.78, 5) is 14.9. The van der Waals surface area contributed by atoms with Crippen molar-refractivity contribution in [2.75, 3.05) is 48.1 Å². The van der Waals surface area contributed by atoms with Gasteiger partial charge in [0.2, 0.25) is 0 Å². The van der Waals surface area contributed by atoms with Gasteiger partial charge in [-0.15, -0.1) is 0 Å². The average Bonchev–Trinajstić information content (AvgIpc) is 2.85. The number of fused-ring (bicyclic) bond motifs is 1. The Kier molecular flexibility index (Phi) is 9.74. The molecule has 0 amide bonds. The summed E-state index contributed by atoms with van der Waals surface area (Å²) in [6, 6.07) is 11.0. The fraction of sp³-hybridized carbons (Fsp3) is 0.552. The molecule has 2 aromatic carbocycles. The number of aryl methyl sites for hydroxylation is 1. The number of halogens is 1. The van der Waals surface area contributed by atoms with Crippen molar-refractivity contribution in [1.29, 1.82) is 0 Å². The molecule has 2 atom stereocenters. The second-order valence-corrected chi connectivity index (χ2v) is 10.0. The van der Waals surface area contributed by atoms with E-state index < -0.39 is 5.60 Å². The molecule has 36 heavy (non-hydrogen) atoms. The number of esters is 1. The number of methoxy groups -OCH3 is 3. The number of benzene rings is 2. The first-order valence-corrected chi connectivity index (χ1v) is 12.6. The zero-order valence-electron chi connectivity index (χ0n) is 22.4. The predicted octanol–water partition coefficient (Wildman–Crippen LogP) is 5.02. The number of carbonyl (C=O) groups excluding carboxylic acids is 1. The van der Waals surface area contributed by atoms with Gasteiger partial charge in [-0.2, -0.15) is 0 Å². The van der Waals surface area contributed by atoms with Crippen molar-refractivity contribution in [2.24, 2.45) is 5.92 Å². The Morgan fingerprint density at radius 1 is 1.08 bits per heavy atom. The van der Waals surface area contributed by atoms with E-state index >= 15 is 0 Å². The van der Waals surface area contributed by atoms with Gasteiger partial charge in [0.25, 0.3) is 0 Å². The minimum absolute atomic E-state index is 0.0260. The largest absolute Gasteiger partial charge is 0.493 e. The van der Waals surface area contributed by atoms with Gasteiger partial charge in [0.15, 0.2) is 11.5 Å². The Balaban J connectivity index is 1.77. The SMILES string of the molecule is COCC(=O)O[C@]1(CCN(C)CCc2ccc(OC)c(OC)c2)CCc2cc(F)ccc2[C@@H]1C(C)C. The highest BCUT2D eigenvalue weighted by atomic mass is 19.1. The van der Waals surface area contributed by atoms with E-state index in [1.165, 1.54) is 13.2 Å². The zero-order chi connectivity index (χ0) is 26.3. The zero-order valence-corrected chi connectivity index (χ0v) is 22.4. The summed E-state index contributed by atoms with van der Waals surface area (Å²) in [5.41, 5.74) is 2.57. The van der Waals surface area contributed by atoms with E-state index in [4.69, 9.17) is 18.9 Å². The summed E-state index contributed by atoms with van der Waals surface area (Å²) in [5.74, 6) is 1.03. The van der Waals surface area contributed by atoms with E-state index in [1.807, 2.05) is 18.2 Å². The fourth-order valence-corrected chi connectivity index (χ4v) is 5.51. The van der Waals surface area contributed by atoms with Crippen molar-refractivity contribution >= 4 is 5.97 Å². The summed E-state index contributed by atoms with van der Waals surface area (Å²) in [5, 5.41) is 0. The molecule has 0 aliphatic heterocycles.